The molecule has 0 aliphatic rings. The fourth-order valence-electron chi connectivity index (χ4n) is 1.91. The zero-order valence-electron chi connectivity index (χ0n) is 10.3. The van der Waals surface area contributed by atoms with Gasteiger partial charge in [0.2, 0.25) is 0 Å². The number of aliphatic hydroxyl groups excluding tert-OH is 1. The van der Waals surface area contributed by atoms with Crippen LogP contribution in [0.1, 0.15) is 22.8 Å². The highest BCUT2D eigenvalue weighted by Gasteiger charge is 2.14. The zero-order valence-corrected chi connectivity index (χ0v) is 13.4. The molecule has 19 heavy (non-hydrogen) atoms. The second-order valence-corrected chi connectivity index (χ2v) is 6.21. The highest BCUT2D eigenvalue weighted by molar-refractivity contribution is 9.10. The largest absolute Gasteiger partial charge is 0.388 e. The highest BCUT2D eigenvalue weighted by atomic mass is 79.9. The Kier molecular flexibility index (Phi) is 4.91. The van der Waals surface area contributed by atoms with Crippen molar-refractivity contribution in [2.45, 2.75) is 19.4 Å². The van der Waals surface area contributed by atoms with E-state index in [-0.39, 0.29) is 0 Å². The Morgan fingerprint density at radius 3 is 2.53 bits per heavy atom. The summed E-state index contributed by atoms with van der Waals surface area (Å²) < 4.78 is 0.890. The first-order valence-electron chi connectivity index (χ1n) is 5.85. The summed E-state index contributed by atoms with van der Waals surface area (Å²) in [6.45, 7) is 1.98. The minimum Gasteiger partial charge on any atom is -0.388 e. The number of halogens is 3. The molecule has 4 heteroatoms. The first-order valence-corrected chi connectivity index (χ1v) is 7.40. The van der Waals surface area contributed by atoms with Gasteiger partial charge in [-0.25, -0.2) is 0 Å². The van der Waals surface area contributed by atoms with Crippen LogP contribution >= 0.6 is 39.1 Å². The van der Waals surface area contributed by atoms with Crippen molar-refractivity contribution < 1.29 is 5.11 Å². The van der Waals surface area contributed by atoms with E-state index < -0.39 is 6.10 Å². The molecule has 0 saturated heterocycles. The van der Waals surface area contributed by atoms with Crippen LogP contribution in [0.5, 0.6) is 0 Å². The lowest BCUT2D eigenvalue weighted by Gasteiger charge is -2.14. The summed E-state index contributed by atoms with van der Waals surface area (Å²) in [6.07, 6.45) is -0.236. The molecule has 2 aromatic rings. The minimum atomic E-state index is -0.676. The van der Waals surface area contributed by atoms with Gasteiger partial charge in [-0.2, -0.15) is 0 Å². The van der Waals surface area contributed by atoms with Gasteiger partial charge in [-0.3, -0.25) is 0 Å². The number of aliphatic hydroxyl groups is 1. The van der Waals surface area contributed by atoms with E-state index in [0.717, 1.165) is 15.6 Å². The molecule has 0 aliphatic heterocycles. The summed E-state index contributed by atoms with van der Waals surface area (Å²) in [5.41, 5.74) is 2.72. The Morgan fingerprint density at radius 2 is 1.84 bits per heavy atom. The van der Waals surface area contributed by atoms with Gasteiger partial charge >= 0.3 is 0 Å². The SMILES string of the molecule is Cc1ccc(CC(O)c2cc(Br)ccc2Cl)c(Cl)c1. The second-order valence-electron chi connectivity index (χ2n) is 4.48. The average molecular weight is 360 g/mol. The number of aryl methyl sites for hydroxylation is 1. The molecule has 2 aromatic carbocycles. The van der Waals surface area contributed by atoms with Crippen LogP contribution in [0.2, 0.25) is 10.0 Å². The van der Waals surface area contributed by atoms with Crippen LogP contribution in [0.3, 0.4) is 0 Å². The summed E-state index contributed by atoms with van der Waals surface area (Å²) in [5, 5.41) is 11.5. The molecule has 2 rings (SSSR count). The summed E-state index contributed by atoms with van der Waals surface area (Å²) >= 11 is 15.7. The average Bonchev–Trinajstić information content (AvgIpc) is 2.35. The van der Waals surface area contributed by atoms with Crippen molar-refractivity contribution in [3.63, 3.8) is 0 Å². The standard InChI is InChI=1S/C15H13BrCl2O/c1-9-2-3-10(14(18)6-9)7-15(19)12-8-11(16)4-5-13(12)17/h2-6,8,15,19H,7H2,1H3. The molecule has 0 radical (unpaired) electrons. The third kappa shape index (κ3) is 3.73. The van der Waals surface area contributed by atoms with E-state index >= 15 is 0 Å². The Bertz CT molecular complexity index is 599. The summed E-state index contributed by atoms with van der Waals surface area (Å²) in [6, 6.07) is 11.3. The number of benzene rings is 2. The normalized spacial score (nSPS) is 12.5. The molecule has 100 valence electrons. The molecule has 1 unspecified atom stereocenters. The van der Waals surface area contributed by atoms with E-state index in [1.807, 2.05) is 37.3 Å². The van der Waals surface area contributed by atoms with E-state index in [0.29, 0.717) is 22.0 Å². The van der Waals surface area contributed by atoms with Crippen molar-refractivity contribution in [1.29, 1.82) is 0 Å². The fraction of sp³-hybridized carbons (Fsp3) is 0.200. The van der Waals surface area contributed by atoms with Crippen molar-refractivity contribution in [2.24, 2.45) is 0 Å². The summed E-state index contributed by atoms with van der Waals surface area (Å²) in [4.78, 5) is 0. The molecular formula is C15H13BrCl2O. The van der Waals surface area contributed by atoms with Crippen molar-refractivity contribution in [3.05, 3.63) is 67.6 Å². The molecule has 1 nitrogen and oxygen atoms in total. The molecule has 0 saturated carbocycles. The lowest BCUT2D eigenvalue weighted by molar-refractivity contribution is 0.178. The van der Waals surface area contributed by atoms with Crippen LogP contribution in [0.4, 0.5) is 0 Å². The zero-order chi connectivity index (χ0) is 14.0. The predicted molar refractivity (Wildman–Crippen MR) is 84.0 cm³/mol. The van der Waals surface area contributed by atoms with E-state index in [1.54, 1.807) is 6.07 Å². The first-order chi connectivity index (χ1) is 8.97. The molecule has 0 aliphatic carbocycles. The van der Waals surface area contributed by atoms with E-state index in [9.17, 15) is 5.11 Å². The molecule has 0 amide bonds. The van der Waals surface area contributed by atoms with Gasteiger partial charge in [0, 0.05) is 26.5 Å². The summed E-state index contributed by atoms with van der Waals surface area (Å²) in [5.74, 6) is 0. The monoisotopic (exact) mass is 358 g/mol. The van der Waals surface area contributed by atoms with Gasteiger partial charge in [0.05, 0.1) is 6.10 Å². The topological polar surface area (TPSA) is 20.2 Å². The maximum Gasteiger partial charge on any atom is 0.0845 e. The van der Waals surface area contributed by atoms with Crippen LogP contribution in [0.15, 0.2) is 40.9 Å². The molecule has 0 bridgehead atoms. The maximum atomic E-state index is 10.3. The van der Waals surface area contributed by atoms with Crippen LogP contribution in [-0.4, -0.2) is 5.11 Å². The van der Waals surface area contributed by atoms with Crippen LogP contribution in [0, 0.1) is 6.92 Å². The Morgan fingerprint density at radius 1 is 1.11 bits per heavy atom. The maximum absolute atomic E-state index is 10.3. The van der Waals surface area contributed by atoms with Crippen molar-refractivity contribution in [1.82, 2.24) is 0 Å². The van der Waals surface area contributed by atoms with Gasteiger partial charge in [-0.1, -0.05) is 51.3 Å². The van der Waals surface area contributed by atoms with Gasteiger partial charge in [0.1, 0.15) is 0 Å². The predicted octanol–water partition coefficient (Wildman–Crippen LogP) is 5.34. The van der Waals surface area contributed by atoms with E-state index in [4.69, 9.17) is 23.2 Å². The Hall–Kier alpha value is -0.540. The molecule has 0 heterocycles. The third-order valence-electron chi connectivity index (χ3n) is 2.94. The molecule has 1 atom stereocenters. The fourth-order valence-corrected chi connectivity index (χ4v) is 2.84. The van der Waals surface area contributed by atoms with Gasteiger partial charge in [0.15, 0.2) is 0 Å². The van der Waals surface area contributed by atoms with Gasteiger partial charge in [0.25, 0.3) is 0 Å². The molecule has 0 spiro atoms. The third-order valence-corrected chi connectivity index (χ3v) is 4.13. The van der Waals surface area contributed by atoms with Crippen molar-refractivity contribution >= 4 is 39.1 Å². The Labute approximate surface area is 131 Å². The number of hydrogen-bond acceptors (Lipinski definition) is 1. The first kappa shape index (κ1) is 14.9. The molecular weight excluding hydrogens is 347 g/mol. The van der Waals surface area contributed by atoms with Gasteiger partial charge in [-0.05, 0) is 42.3 Å². The number of hydrogen-bond donors (Lipinski definition) is 1. The molecule has 0 fully saturated rings. The van der Waals surface area contributed by atoms with Crippen LogP contribution < -0.4 is 0 Å². The molecule has 1 N–H and O–H groups in total. The minimum absolute atomic E-state index is 0.440. The van der Waals surface area contributed by atoms with Gasteiger partial charge < -0.3 is 5.11 Å². The van der Waals surface area contributed by atoms with E-state index in [2.05, 4.69) is 15.9 Å². The smallest absolute Gasteiger partial charge is 0.0845 e. The van der Waals surface area contributed by atoms with Gasteiger partial charge in [-0.15, -0.1) is 0 Å². The second kappa shape index (κ2) is 6.27. The van der Waals surface area contributed by atoms with Crippen LogP contribution in [0.25, 0.3) is 0 Å². The highest BCUT2D eigenvalue weighted by Crippen LogP contribution is 2.30. The summed E-state index contributed by atoms with van der Waals surface area (Å²) in [7, 11) is 0. The lowest BCUT2D eigenvalue weighted by atomic mass is 10.0. The van der Waals surface area contributed by atoms with Crippen molar-refractivity contribution in [2.75, 3.05) is 0 Å². The van der Waals surface area contributed by atoms with E-state index in [1.165, 1.54) is 0 Å². The number of rotatable bonds is 3. The quantitative estimate of drug-likeness (QED) is 0.784. The lowest BCUT2D eigenvalue weighted by Crippen LogP contribution is -2.03. The van der Waals surface area contributed by atoms with Crippen LogP contribution in [-0.2, 0) is 6.42 Å². The van der Waals surface area contributed by atoms with Crippen molar-refractivity contribution in [3.8, 4) is 0 Å². The molecule has 0 aromatic heterocycles. The Balaban J connectivity index is 2.25.